The molecule has 13 heavy (non-hydrogen) atoms. The van der Waals surface area contributed by atoms with Gasteiger partial charge in [-0.25, -0.2) is 0 Å². The van der Waals surface area contributed by atoms with Crippen LogP contribution in [0.15, 0.2) is 12.6 Å². The van der Waals surface area contributed by atoms with Gasteiger partial charge in [0.05, 0.1) is 6.10 Å². The van der Waals surface area contributed by atoms with Gasteiger partial charge in [-0.1, -0.05) is 0 Å². The first-order chi connectivity index (χ1) is 5.87. The van der Waals surface area contributed by atoms with Crippen LogP contribution in [0, 0.1) is 0 Å². The van der Waals surface area contributed by atoms with E-state index in [1.165, 1.54) is 13.3 Å². The van der Waals surface area contributed by atoms with Crippen molar-refractivity contribution in [2.75, 3.05) is 0 Å². The van der Waals surface area contributed by atoms with Gasteiger partial charge in [0.15, 0.2) is 0 Å². The van der Waals surface area contributed by atoms with Crippen LogP contribution in [0.1, 0.15) is 27.2 Å². The monoisotopic (exact) mass is 183 g/mol. The van der Waals surface area contributed by atoms with Crippen LogP contribution in [0.3, 0.4) is 0 Å². The Morgan fingerprint density at radius 3 is 2.69 bits per heavy atom. The Bertz CT molecular complexity index is 187. The Hall–Kier alpha value is -0.765. The van der Waals surface area contributed by atoms with Gasteiger partial charge >= 0.3 is 0 Å². The third-order valence-corrected chi connectivity index (χ3v) is 1.42. The maximum Gasteiger partial charge on any atom is 0.290 e. The predicted octanol–water partition coefficient (Wildman–Crippen LogP) is 1.52. The lowest BCUT2D eigenvalue weighted by molar-refractivity contribution is 0.0155. The molecule has 4 heteroatoms. The zero-order valence-electron chi connectivity index (χ0n) is 8.41. The Morgan fingerprint density at radius 1 is 1.77 bits per heavy atom. The van der Waals surface area contributed by atoms with Gasteiger partial charge in [-0.05, 0) is 20.8 Å². The lowest BCUT2D eigenvalue weighted by atomic mass is 9.79. The maximum atomic E-state index is 11.0. The van der Waals surface area contributed by atoms with E-state index in [1.807, 2.05) is 0 Å². The molecule has 0 aliphatic heterocycles. The molecule has 0 aromatic carbocycles. The zero-order chi connectivity index (χ0) is 10.5. The molecule has 0 bridgehead atoms. The van der Waals surface area contributed by atoms with Gasteiger partial charge < -0.3 is 9.84 Å². The van der Waals surface area contributed by atoms with Crippen molar-refractivity contribution in [3.8, 4) is 0 Å². The normalized spacial score (nSPS) is 13.2. The molecule has 0 rings (SSSR count). The van der Waals surface area contributed by atoms with Gasteiger partial charge in [-0.15, -0.1) is 12.6 Å². The number of hydrogen-bond acceptors (Lipinski definition) is 3. The summed E-state index contributed by atoms with van der Waals surface area (Å²) in [5.74, 6) is 0.946. The van der Waals surface area contributed by atoms with Gasteiger partial charge in [0.25, 0.3) is 13.1 Å². The molecule has 1 atom stereocenters. The minimum absolute atomic E-state index is 0.420. The number of ether oxygens (including phenoxy) is 1. The van der Waals surface area contributed by atoms with Crippen molar-refractivity contribution < 1.29 is 14.6 Å². The van der Waals surface area contributed by atoms with E-state index in [2.05, 4.69) is 6.58 Å². The predicted molar refractivity (Wildman–Crippen MR) is 52.8 cm³/mol. The molecule has 3 nitrogen and oxygen atoms in total. The summed E-state index contributed by atoms with van der Waals surface area (Å²) in [5, 5.41) is 9.11. The highest BCUT2D eigenvalue weighted by Gasteiger charge is 2.24. The summed E-state index contributed by atoms with van der Waals surface area (Å²) in [6.07, 6.45) is -0.0597. The zero-order valence-corrected chi connectivity index (χ0v) is 8.41. The van der Waals surface area contributed by atoms with Crippen molar-refractivity contribution in [3.05, 3.63) is 12.6 Å². The van der Waals surface area contributed by atoms with Gasteiger partial charge in [0.1, 0.15) is 5.60 Å². The van der Waals surface area contributed by atoms with Crippen LogP contribution in [0.2, 0.25) is 0 Å². The van der Waals surface area contributed by atoms with E-state index in [4.69, 9.17) is 9.84 Å². The molecule has 0 heterocycles. The van der Waals surface area contributed by atoms with Crippen LogP contribution in [-0.4, -0.2) is 30.0 Å². The third-order valence-electron chi connectivity index (χ3n) is 1.42. The summed E-state index contributed by atoms with van der Waals surface area (Å²) >= 11 is 0. The number of aliphatic hydroxyl groups excluding tert-OH is 1. The molecule has 0 amide bonds. The van der Waals surface area contributed by atoms with E-state index in [1.54, 1.807) is 20.8 Å². The largest absolute Gasteiger partial charge is 0.468 e. The van der Waals surface area contributed by atoms with E-state index < -0.39 is 17.6 Å². The van der Waals surface area contributed by atoms with Crippen molar-refractivity contribution in [2.45, 2.75) is 38.9 Å². The molecule has 1 radical (unpaired) electrons. The van der Waals surface area contributed by atoms with Gasteiger partial charge in [0.2, 0.25) is 0 Å². The highest BCUT2D eigenvalue weighted by Crippen LogP contribution is 2.16. The minimum Gasteiger partial charge on any atom is -0.468 e. The number of carbonyl (C=O) groups excluding carboxylic acids is 1. The number of hydrogen-bond donors (Lipinski definition) is 1. The average molecular weight is 183 g/mol. The molecule has 1 unspecified atom stereocenters. The van der Waals surface area contributed by atoms with Crippen molar-refractivity contribution >= 4 is 13.1 Å². The molecular weight excluding hydrogens is 167 g/mol. The van der Waals surface area contributed by atoms with E-state index >= 15 is 0 Å². The van der Waals surface area contributed by atoms with Gasteiger partial charge in [-0.2, -0.15) is 0 Å². The first-order valence-electron chi connectivity index (χ1n) is 4.24. The highest BCUT2D eigenvalue weighted by atomic mass is 16.6. The Labute approximate surface area is 80.0 Å². The fourth-order valence-electron chi connectivity index (χ4n) is 1.16. The second-order valence-electron chi connectivity index (χ2n) is 3.64. The highest BCUT2D eigenvalue weighted by molar-refractivity contribution is 6.75. The summed E-state index contributed by atoms with van der Waals surface area (Å²) in [6, 6.07) is 0. The molecule has 0 fully saturated rings. The molecule has 0 aromatic rings. The van der Waals surface area contributed by atoms with Crippen LogP contribution in [-0.2, 0) is 4.74 Å². The second-order valence-corrected chi connectivity index (χ2v) is 3.64. The maximum absolute atomic E-state index is 11.0. The smallest absolute Gasteiger partial charge is 0.290 e. The molecular formula is C9H16BO3. The standard InChI is InChI=1S/C9H16BO3/c1-5-10-8(12)13-9(3,4)6-7(2)11/h5,7,11H,1,6H2,2-4H3. The Kier molecular flexibility index (Phi) is 4.77. The van der Waals surface area contributed by atoms with E-state index in [0.717, 1.165) is 0 Å². The second kappa shape index (κ2) is 5.07. The lowest BCUT2D eigenvalue weighted by Crippen LogP contribution is -2.32. The van der Waals surface area contributed by atoms with Crippen molar-refractivity contribution in [2.24, 2.45) is 0 Å². The van der Waals surface area contributed by atoms with Crippen molar-refractivity contribution in [1.29, 1.82) is 0 Å². The summed E-state index contributed by atoms with van der Waals surface area (Å²) in [6.45, 7) is 8.56. The van der Waals surface area contributed by atoms with Crippen molar-refractivity contribution in [1.82, 2.24) is 0 Å². The van der Waals surface area contributed by atoms with Gasteiger partial charge in [0, 0.05) is 6.42 Å². The number of aliphatic hydroxyl groups is 1. The summed E-state index contributed by atoms with van der Waals surface area (Å²) in [7, 11) is 1.25. The first kappa shape index (κ1) is 12.2. The summed E-state index contributed by atoms with van der Waals surface area (Å²) in [4.78, 5) is 11.0. The Balaban J connectivity index is 4.00. The summed E-state index contributed by atoms with van der Waals surface area (Å²) in [5.41, 5.74) is -0.634. The lowest BCUT2D eigenvalue weighted by Gasteiger charge is -2.26. The van der Waals surface area contributed by atoms with Crippen molar-refractivity contribution in [3.63, 3.8) is 0 Å². The molecule has 0 aliphatic rings. The molecule has 0 aliphatic carbocycles. The number of carbonyl (C=O) groups is 1. The molecule has 0 saturated carbocycles. The quantitative estimate of drug-likeness (QED) is 0.657. The number of rotatable bonds is 5. The molecule has 0 saturated heterocycles. The molecule has 0 spiro atoms. The summed E-state index contributed by atoms with van der Waals surface area (Å²) < 4.78 is 5.06. The van der Waals surface area contributed by atoms with E-state index in [9.17, 15) is 4.79 Å². The van der Waals surface area contributed by atoms with Crippen LogP contribution in [0.25, 0.3) is 0 Å². The first-order valence-corrected chi connectivity index (χ1v) is 4.24. The van der Waals surface area contributed by atoms with Crippen LogP contribution in [0.4, 0.5) is 4.79 Å². The van der Waals surface area contributed by atoms with Crippen LogP contribution in [0.5, 0.6) is 0 Å². The topological polar surface area (TPSA) is 46.5 Å². The molecule has 0 aromatic heterocycles. The minimum atomic E-state index is -0.634. The third kappa shape index (κ3) is 6.40. The Morgan fingerprint density at radius 2 is 2.31 bits per heavy atom. The fourth-order valence-corrected chi connectivity index (χ4v) is 1.16. The molecule has 73 valence electrons. The van der Waals surface area contributed by atoms with Gasteiger partial charge in [-0.3, -0.25) is 4.79 Å². The van der Waals surface area contributed by atoms with E-state index in [0.29, 0.717) is 6.42 Å². The van der Waals surface area contributed by atoms with Crippen LogP contribution >= 0.6 is 0 Å². The fraction of sp³-hybridized carbons (Fsp3) is 0.667. The molecule has 1 N–H and O–H groups in total. The average Bonchev–Trinajstić information content (AvgIpc) is 1.81. The van der Waals surface area contributed by atoms with E-state index in [-0.39, 0.29) is 0 Å². The van der Waals surface area contributed by atoms with Crippen LogP contribution < -0.4 is 0 Å². The SMILES string of the molecule is C=C[B]C(=O)OC(C)(C)CC(C)O.